The van der Waals surface area contributed by atoms with Crippen LogP contribution in [0, 0.1) is 5.92 Å². The lowest BCUT2D eigenvalue weighted by Gasteiger charge is -2.25. The van der Waals surface area contributed by atoms with Crippen molar-refractivity contribution in [3.63, 3.8) is 0 Å². The summed E-state index contributed by atoms with van der Waals surface area (Å²) in [7, 11) is 1.63. The number of carbonyl (C=O) groups is 1. The number of hydrogen-bond donors (Lipinski definition) is 1. The largest absolute Gasteiger partial charge is 0.497 e. The summed E-state index contributed by atoms with van der Waals surface area (Å²) in [5, 5.41) is 11.4. The summed E-state index contributed by atoms with van der Waals surface area (Å²) < 4.78 is 13.1. The summed E-state index contributed by atoms with van der Waals surface area (Å²) in [5.41, 5.74) is 1.03. The topological polar surface area (TPSA) is 78.3 Å². The molecule has 2 aliphatic rings. The van der Waals surface area contributed by atoms with Crippen molar-refractivity contribution in [1.29, 1.82) is 0 Å². The normalized spacial score (nSPS) is 18.7. The third kappa shape index (κ3) is 3.18. The van der Waals surface area contributed by atoms with E-state index in [1.165, 1.54) is 0 Å². The standard InChI is InChI=1S/C18H22N4O3/c1-24-14-6-5-12-8-13(11-25-15(12)9-14)18(23)19-10-17-21-20-16-4-2-3-7-22(16)17/h5-6,9,13H,2-4,7-8,10-11H2,1H3,(H,19,23)/t13-/m1/s1. The Morgan fingerprint density at radius 3 is 3.20 bits per heavy atom. The molecule has 1 atom stereocenters. The van der Waals surface area contributed by atoms with Gasteiger partial charge in [-0.05, 0) is 30.9 Å². The lowest BCUT2D eigenvalue weighted by molar-refractivity contribution is -0.126. The summed E-state index contributed by atoms with van der Waals surface area (Å²) in [6.45, 7) is 1.73. The molecule has 132 valence electrons. The van der Waals surface area contributed by atoms with E-state index in [9.17, 15) is 4.79 Å². The number of benzene rings is 1. The van der Waals surface area contributed by atoms with Crippen LogP contribution in [0.4, 0.5) is 0 Å². The Kier molecular flexibility index (Phi) is 4.29. The molecule has 0 unspecified atom stereocenters. The third-order valence-corrected chi connectivity index (χ3v) is 4.91. The quantitative estimate of drug-likeness (QED) is 0.911. The highest BCUT2D eigenvalue weighted by molar-refractivity contribution is 5.79. The summed E-state index contributed by atoms with van der Waals surface area (Å²) >= 11 is 0. The summed E-state index contributed by atoms with van der Waals surface area (Å²) in [6.07, 6.45) is 3.94. The number of fused-ring (bicyclic) bond motifs is 2. The average Bonchev–Trinajstić information content (AvgIpc) is 3.08. The number of methoxy groups -OCH3 is 1. The molecule has 2 aliphatic heterocycles. The molecule has 1 aromatic carbocycles. The highest BCUT2D eigenvalue weighted by Crippen LogP contribution is 2.31. The Balaban J connectivity index is 1.38. The molecule has 0 fully saturated rings. The van der Waals surface area contributed by atoms with Crippen LogP contribution in [0.3, 0.4) is 0 Å². The molecule has 25 heavy (non-hydrogen) atoms. The molecule has 0 bridgehead atoms. The number of carbonyl (C=O) groups excluding carboxylic acids is 1. The van der Waals surface area contributed by atoms with E-state index in [1.807, 2.05) is 18.2 Å². The van der Waals surface area contributed by atoms with Crippen molar-refractivity contribution in [1.82, 2.24) is 20.1 Å². The van der Waals surface area contributed by atoms with Crippen molar-refractivity contribution in [2.24, 2.45) is 5.92 Å². The van der Waals surface area contributed by atoms with Crippen LogP contribution in [0.15, 0.2) is 18.2 Å². The molecule has 1 aromatic heterocycles. The number of aryl methyl sites for hydroxylation is 1. The van der Waals surface area contributed by atoms with Crippen LogP contribution < -0.4 is 14.8 Å². The van der Waals surface area contributed by atoms with Gasteiger partial charge in [-0.2, -0.15) is 0 Å². The van der Waals surface area contributed by atoms with Crippen LogP contribution in [-0.4, -0.2) is 34.4 Å². The minimum absolute atomic E-state index is 0.00497. The first-order valence-electron chi connectivity index (χ1n) is 8.73. The number of ether oxygens (including phenoxy) is 2. The molecule has 0 saturated carbocycles. The van der Waals surface area contributed by atoms with Gasteiger partial charge in [-0.25, -0.2) is 0 Å². The van der Waals surface area contributed by atoms with Gasteiger partial charge >= 0.3 is 0 Å². The minimum Gasteiger partial charge on any atom is -0.497 e. The van der Waals surface area contributed by atoms with Gasteiger partial charge < -0.3 is 19.4 Å². The van der Waals surface area contributed by atoms with Gasteiger partial charge in [-0.1, -0.05) is 6.07 Å². The van der Waals surface area contributed by atoms with Crippen LogP contribution in [0.5, 0.6) is 11.5 Å². The molecular weight excluding hydrogens is 320 g/mol. The summed E-state index contributed by atoms with van der Waals surface area (Å²) in [6, 6.07) is 5.72. The van der Waals surface area contributed by atoms with Crippen LogP contribution in [0.25, 0.3) is 0 Å². The van der Waals surface area contributed by atoms with Gasteiger partial charge in [0.25, 0.3) is 0 Å². The van der Waals surface area contributed by atoms with E-state index in [0.717, 1.165) is 54.5 Å². The van der Waals surface area contributed by atoms with Gasteiger partial charge in [0.2, 0.25) is 5.91 Å². The minimum atomic E-state index is -0.190. The Bertz CT molecular complexity index is 787. The van der Waals surface area contributed by atoms with Gasteiger partial charge in [0.05, 0.1) is 19.6 Å². The fraction of sp³-hybridized carbons (Fsp3) is 0.500. The second kappa shape index (κ2) is 6.74. The van der Waals surface area contributed by atoms with E-state index < -0.39 is 0 Å². The fourth-order valence-electron chi connectivity index (χ4n) is 3.46. The van der Waals surface area contributed by atoms with Crippen molar-refractivity contribution >= 4 is 5.91 Å². The third-order valence-electron chi connectivity index (χ3n) is 4.91. The zero-order valence-corrected chi connectivity index (χ0v) is 14.3. The van der Waals surface area contributed by atoms with E-state index in [0.29, 0.717) is 19.6 Å². The Morgan fingerprint density at radius 1 is 1.40 bits per heavy atom. The van der Waals surface area contributed by atoms with E-state index in [-0.39, 0.29) is 11.8 Å². The molecular formula is C18H22N4O3. The zero-order valence-electron chi connectivity index (χ0n) is 14.3. The second-order valence-corrected chi connectivity index (χ2v) is 6.54. The zero-order chi connectivity index (χ0) is 17.2. The maximum absolute atomic E-state index is 12.5. The van der Waals surface area contributed by atoms with E-state index in [4.69, 9.17) is 9.47 Å². The van der Waals surface area contributed by atoms with E-state index in [2.05, 4.69) is 20.1 Å². The smallest absolute Gasteiger partial charge is 0.227 e. The number of rotatable bonds is 4. The summed E-state index contributed by atoms with van der Waals surface area (Å²) in [4.78, 5) is 12.5. The number of hydrogen-bond acceptors (Lipinski definition) is 5. The molecule has 0 radical (unpaired) electrons. The van der Waals surface area contributed by atoms with E-state index in [1.54, 1.807) is 7.11 Å². The molecule has 2 aromatic rings. The van der Waals surface area contributed by atoms with E-state index >= 15 is 0 Å². The second-order valence-electron chi connectivity index (χ2n) is 6.54. The van der Waals surface area contributed by atoms with Crippen LogP contribution in [0.1, 0.15) is 30.1 Å². The SMILES string of the molecule is COc1ccc2c(c1)OC[C@H](C(=O)NCc1nnc3n1CCCC3)C2. The van der Waals surface area contributed by atoms with Gasteiger partial charge in [0, 0.05) is 19.0 Å². The molecule has 1 amide bonds. The maximum Gasteiger partial charge on any atom is 0.227 e. The predicted molar refractivity (Wildman–Crippen MR) is 90.5 cm³/mol. The number of nitrogens with one attached hydrogen (secondary N) is 1. The highest BCUT2D eigenvalue weighted by atomic mass is 16.5. The molecule has 7 heteroatoms. The first-order valence-corrected chi connectivity index (χ1v) is 8.73. The van der Waals surface area contributed by atoms with Gasteiger partial charge in [-0.15, -0.1) is 10.2 Å². The molecule has 0 spiro atoms. The average molecular weight is 342 g/mol. The molecule has 3 heterocycles. The highest BCUT2D eigenvalue weighted by Gasteiger charge is 2.26. The van der Waals surface area contributed by atoms with Crippen molar-refractivity contribution in [2.75, 3.05) is 13.7 Å². The predicted octanol–water partition coefficient (Wildman–Crippen LogP) is 1.49. The maximum atomic E-state index is 12.5. The number of nitrogens with zero attached hydrogens (tertiary/aromatic N) is 3. The lowest BCUT2D eigenvalue weighted by Crippen LogP contribution is -2.37. The van der Waals surface area contributed by atoms with Crippen LogP contribution >= 0.6 is 0 Å². The van der Waals surface area contributed by atoms with Crippen molar-refractivity contribution < 1.29 is 14.3 Å². The number of aromatic nitrogens is 3. The molecule has 0 aliphatic carbocycles. The molecule has 7 nitrogen and oxygen atoms in total. The molecule has 1 N–H and O–H groups in total. The van der Waals surface area contributed by atoms with Crippen LogP contribution in [0.2, 0.25) is 0 Å². The first-order chi connectivity index (χ1) is 12.2. The monoisotopic (exact) mass is 342 g/mol. The van der Waals surface area contributed by atoms with Gasteiger partial charge in [-0.3, -0.25) is 4.79 Å². The summed E-state index contributed by atoms with van der Waals surface area (Å²) in [5.74, 6) is 3.23. The lowest BCUT2D eigenvalue weighted by atomic mass is 9.96. The Labute approximate surface area is 146 Å². The first kappa shape index (κ1) is 15.9. The van der Waals surface area contributed by atoms with Crippen molar-refractivity contribution in [3.8, 4) is 11.5 Å². The van der Waals surface area contributed by atoms with Gasteiger partial charge in [0.1, 0.15) is 23.9 Å². The molecule has 4 rings (SSSR count). The van der Waals surface area contributed by atoms with Crippen molar-refractivity contribution in [3.05, 3.63) is 35.4 Å². The van der Waals surface area contributed by atoms with Gasteiger partial charge in [0.15, 0.2) is 5.82 Å². The Morgan fingerprint density at radius 2 is 2.32 bits per heavy atom. The number of amides is 1. The van der Waals surface area contributed by atoms with Crippen LogP contribution in [-0.2, 0) is 30.7 Å². The Hall–Kier alpha value is -2.57. The molecule has 0 saturated heterocycles. The van der Waals surface area contributed by atoms with Crippen molar-refractivity contribution in [2.45, 2.75) is 38.8 Å². The fourth-order valence-corrected chi connectivity index (χ4v) is 3.46.